The highest BCUT2D eigenvalue weighted by Crippen LogP contribution is 2.39. The van der Waals surface area contributed by atoms with Crippen molar-refractivity contribution < 1.29 is 53.0 Å². The Kier molecular flexibility index (Phi) is 11.5. The molecule has 2 N–H and O–H groups in total. The summed E-state index contributed by atoms with van der Waals surface area (Å²) in [6.07, 6.45) is 0. The molecule has 0 aliphatic carbocycles. The zero-order chi connectivity index (χ0) is 29.1. The summed E-state index contributed by atoms with van der Waals surface area (Å²) < 4.78 is 32.5. The van der Waals surface area contributed by atoms with Crippen molar-refractivity contribution >= 4 is 17.8 Å². The molecular formula is C26H34N2O11. The third-order valence-corrected chi connectivity index (χ3v) is 5.93. The molecule has 3 rings (SSSR count). The van der Waals surface area contributed by atoms with E-state index in [1.807, 2.05) is 17.0 Å². The number of amides is 1. The molecule has 214 valence electrons. The number of hydrogen-bond acceptors (Lipinski definition) is 10. The van der Waals surface area contributed by atoms with Gasteiger partial charge in [0.15, 0.2) is 23.0 Å². The highest BCUT2D eigenvalue weighted by atomic mass is 16.5. The number of rotatable bonds is 9. The van der Waals surface area contributed by atoms with Crippen LogP contribution in [0.1, 0.15) is 15.9 Å². The minimum Gasteiger partial charge on any atom is -0.496 e. The zero-order valence-electron chi connectivity index (χ0n) is 22.8. The van der Waals surface area contributed by atoms with Crippen LogP contribution in [0.15, 0.2) is 24.3 Å². The number of aliphatic carboxylic acids is 2. The van der Waals surface area contributed by atoms with Crippen LogP contribution in [0, 0.1) is 0 Å². The number of methoxy groups -OCH3 is 6. The van der Waals surface area contributed by atoms with Crippen molar-refractivity contribution in [2.75, 3.05) is 68.8 Å². The first-order chi connectivity index (χ1) is 18.6. The smallest absolute Gasteiger partial charge is 0.414 e. The van der Waals surface area contributed by atoms with Gasteiger partial charge in [0.2, 0.25) is 5.75 Å². The van der Waals surface area contributed by atoms with Gasteiger partial charge in [-0.25, -0.2) is 9.59 Å². The second-order valence-electron chi connectivity index (χ2n) is 8.11. The zero-order valence-corrected chi connectivity index (χ0v) is 22.8. The molecule has 1 aliphatic heterocycles. The largest absolute Gasteiger partial charge is 0.496 e. The predicted molar refractivity (Wildman–Crippen MR) is 139 cm³/mol. The number of carboxylic acid groups (broad SMARTS) is 2. The first-order valence-electron chi connectivity index (χ1n) is 11.7. The fourth-order valence-corrected chi connectivity index (χ4v) is 3.95. The molecule has 0 aromatic heterocycles. The van der Waals surface area contributed by atoms with Gasteiger partial charge in [0.1, 0.15) is 5.75 Å². The quantitative estimate of drug-likeness (QED) is 0.438. The summed E-state index contributed by atoms with van der Waals surface area (Å²) in [5.41, 5.74) is 1.50. The molecule has 1 amide bonds. The molecule has 13 heteroatoms. The van der Waals surface area contributed by atoms with Crippen LogP contribution in [0.4, 0.5) is 0 Å². The van der Waals surface area contributed by atoms with E-state index in [1.165, 1.54) is 21.3 Å². The van der Waals surface area contributed by atoms with E-state index in [-0.39, 0.29) is 5.91 Å². The lowest BCUT2D eigenvalue weighted by Gasteiger charge is -2.35. The van der Waals surface area contributed by atoms with Gasteiger partial charge in [-0.05, 0) is 18.2 Å². The molecule has 1 fully saturated rings. The Hall–Kier alpha value is -4.39. The Bertz CT molecular complexity index is 1120. The maximum Gasteiger partial charge on any atom is 0.414 e. The lowest BCUT2D eigenvalue weighted by atomic mass is 10.1. The summed E-state index contributed by atoms with van der Waals surface area (Å²) in [6, 6.07) is 7.14. The van der Waals surface area contributed by atoms with Crippen LogP contribution < -0.4 is 28.4 Å². The van der Waals surface area contributed by atoms with E-state index in [0.29, 0.717) is 53.9 Å². The topological polar surface area (TPSA) is 154 Å². The highest BCUT2D eigenvalue weighted by Gasteiger charge is 2.25. The number of carbonyl (C=O) groups is 3. The molecule has 39 heavy (non-hydrogen) atoms. The van der Waals surface area contributed by atoms with Crippen LogP contribution in [0.3, 0.4) is 0 Å². The van der Waals surface area contributed by atoms with E-state index in [1.54, 1.807) is 33.5 Å². The Morgan fingerprint density at radius 2 is 1.10 bits per heavy atom. The van der Waals surface area contributed by atoms with Crippen LogP contribution in [0.2, 0.25) is 0 Å². The third-order valence-electron chi connectivity index (χ3n) is 5.93. The van der Waals surface area contributed by atoms with Gasteiger partial charge >= 0.3 is 11.9 Å². The molecule has 1 saturated heterocycles. The first kappa shape index (κ1) is 30.8. The minimum absolute atomic E-state index is 0.0717. The van der Waals surface area contributed by atoms with Crippen LogP contribution >= 0.6 is 0 Å². The average molecular weight is 551 g/mol. The lowest BCUT2D eigenvalue weighted by Crippen LogP contribution is -2.48. The number of ether oxygens (including phenoxy) is 6. The Balaban J connectivity index is 0.000000798. The molecular weight excluding hydrogens is 516 g/mol. The van der Waals surface area contributed by atoms with Crippen molar-refractivity contribution in [2.24, 2.45) is 0 Å². The van der Waals surface area contributed by atoms with Crippen molar-refractivity contribution in [1.29, 1.82) is 0 Å². The third kappa shape index (κ3) is 7.80. The van der Waals surface area contributed by atoms with Crippen molar-refractivity contribution in [1.82, 2.24) is 9.80 Å². The molecule has 1 heterocycles. The van der Waals surface area contributed by atoms with Crippen LogP contribution in [-0.4, -0.2) is 107 Å². The minimum atomic E-state index is -1.82. The number of piperazine rings is 1. The number of benzene rings is 2. The molecule has 1 aliphatic rings. The summed E-state index contributed by atoms with van der Waals surface area (Å²) in [6.45, 7) is 3.34. The monoisotopic (exact) mass is 550 g/mol. The summed E-state index contributed by atoms with van der Waals surface area (Å²) in [5.74, 6) is -0.321. The summed E-state index contributed by atoms with van der Waals surface area (Å²) >= 11 is 0. The van der Waals surface area contributed by atoms with Gasteiger partial charge in [0.05, 0.1) is 42.7 Å². The normalized spacial score (nSPS) is 12.9. The Morgan fingerprint density at radius 1 is 0.641 bits per heavy atom. The van der Waals surface area contributed by atoms with E-state index < -0.39 is 11.9 Å². The van der Waals surface area contributed by atoms with Gasteiger partial charge in [0, 0.05) is 49.9 Å². The first-order valence-corrected chi connectivity index (χ1v) is 11.7. The fourth-order valence-electron chi connectivity index (χ4n) is 3.95. The maximum atomic E-state index is 13.2. The van der Waals surface area contributed by atoms with E-state index >= 15 is 0 Å². The van der Waals surface area contributed by atoms with Crippen molar-refractivity contribution in [2.45, 2.75) is 6.54 Å². The van der Waals surface area contributed by atoms with E-state index in [4.69, 9.17) is 48.2 Å². The summed E-state index contributed by atoms with van der Waals surface area (Å²) in [4.78, 5) is 35.5. The lowest BCUT2D eigenvalue weighted by molar-refractivity contribution is -0.159. The standard InChI is InChI=1S/C24H32N2O7.C2H2O4/c1-28-18-14-20(30-3)19(29-2)13-17(18)15-25-7-9-26(10-8-25)24(27)16-11-21(31-4)23(33-6)22(12-16)32-5;3-1(4)2(5)6/h11-14H,7-10,15H2,1-6H3;(H,3,4)(H,5,6). The van der Waals surface area contributed by atoms with Gasteiger partial charge in [-0.15, -0.1) is 0 Å². The Labute approximate surface area is 226 Å². The molecule has 0 unspecified atom stereocenters. The number of carboxylic acids is 2. The van der Waals surface area contributed by atoms with Gasteiger partial charge in [0.25, 0.3) is 5.91 Å². The Morgan fingerprint density at radius 3 is 1.51 bits per heavy atom. The number of nitrogens with zero attached hydrogens (tertiary/aromatic N) is 2. The molecule has 0 saturated carbocycles. The molecule has 0 bridgehead atoms. The van der Waals surface area contributed by atoms with E-state index in [9.17, 15) is 4.79 Å². The van der Waals surface area contributed by atoms with Gasteiger partial charge < -0.3 is 43.5 Å². The van der Waals surface area contributed by atoms with Gasteiger partial charge in [-0.1, -0.05) is 0 Å². The predicted octanol–water partition coefficient (Wildman–Crippen LogP) is 1.85. The van der Waals surface area contributed by atoms with Gasteiger partial charge in [-0.3, -0.25) is 9.69 Å². The number of carbonyl (C=O) groups excluding carboxylic acids is 1. The highest BCUT2D eigenvalue weighted by molar-refractivity contribution is 6.27. The molecule has 0 atom stereocenters. The van der Waals surface area contributed by atoms with Crippen molar-refractivity contribution in [3.05, 3.63) is 35.4 Å². The average Bonchev–Trinajstić information content (AvgIpc) is 2.96. The van der Waals surface area contributed by atoms with E-state index in [2.05, 4.69) is 4.90 Å². The second-order valence-corrected chi connectivity index (χ2v) is 8.11. The van der Waals surface area contributed by atoms with Crippen LogP contribution in [0.25, 0.3) is 0 Å². The molecule has 13 nitrogen and oxygen atoms in total. The SMILES string of the molecule is COc1cc(OC)c(OC)cc1CN1CCN(C(=O)c2cc(OC)c(OC)c(OC)c2)CC1.O=C(O)C(=O)O. The molecule has 2 aromatic carbocycles. The van der Waals surface area contributed by atoms with Crippen LogP contribution in [0.5, 0.6) is 34.5 Å². The van der Waals surface area contributed by atoms with Crippen molar-refractivity contribution in [3.63, 3.8) is 0 Å². The molecule has 2 aromatic rings. The summed E-state index contributed by atoms with van der Waals surface area (Å²) in [5, 5.41) is 14.8. The maximum absolute atomic E-state index is 13.2. The van der Waals surface area contributed by atoms with E-state index in [0.717, 1.165) is 24.4 Å². The number of hydrogen-bond donors (Lipinski definition) is 2. The fraction of sp³-hybridized carbons (Fsp3) is 0.423. The molecule has 0 spiro atoms. The van der Waals surface area contributed by atoms with Gasteiger partial charge in [-0.2, -0.15) is 0 Å². The summed E-state index contributed by atoms with van der Waals surface area (Å²) in [7, 11) is 9.45. The molecule has 0 radical (unpaired) electrons. The second kappa shape index (κ2) is 14.5. The van der Waals surface area contributed by atoms with Crippen molar-refractivity contribution in [3.8, 4) is 34.5 Å². The van der Waals surface area contributed by atoms with Crippen LogP contribution in [-0.2, 0) is 16.1 Å².